The van der Waals surface area contributed by atoms with Crippen LogP contribution in [0.5, 0.6) is 0 Å². The molecule has 14 heavy (non-hydrogen) atoms. The van der Waals surface area contributed by atoms with Crippen LogP contribution in [0.2, 0.25) is 0 Å². The van der Waals surface area contributed by atoms with Gasteiger partial charge in [0.05, 0.1) is 6.54 Å². The molecule has 0 radical (unpaired) electrons. The minimum atomic E-state index is 0.188. The predicted molar refractivity (Wildman–Crippen MR) is 55.9 cm³/mol. The number of fused-ring (bicyclic) bond motifs is 2. The Labute approximate surface area is 85.8 Å². The van der Waals surface area contributed by atoms with E-state index in [4.69, 9.17) is 0 Å². The molecule has 2 fully saturated rings. The van der Waals surface area contributed by atoms with Gasteiger partial charge in [0.25, 0.3) is 0 Å². The number of hydrogen-bond donors (Lipinski definition) is 1. The Morgan fingerprint density at radius 1 is 1.36 bits per heavy atom. The molecule has 0 aromatic rings. The van der Waals surface area contributed by atoms with Crippen LogP contribution in [-0.4, -0.2) is 37.5 Å². The molecule has 0 spiro atoms. The Kier molecular flexibility index (Phi) is 2.77. The van der Waals surface area contributed by atoms with Gasteiger partial charge in [0.1, 0.15) is 0 Å². The molecule has 2 aliphatic carbocycles. The molecular formula is C11H20N2O. The summed E-state index contributed by atoms with van der Waals surface area (Å²) in [6.07, 6.45) is 5.30. The van der Waals surface area contributed by atoms with Crippen molar-refractivity contribution in [3.8, 4) is 0 Å². The van der Waals surface area contributed by atoms with Crippen LogP contribution in [0, 0.1) is 11.8 Å². The van der Waals surface area contributed by atoms with E-state index in [-0.39, 0.29) is 5.91 Å². The summed E-state index contributed by atoms with van der Waals surface area (Å²) in [6.45, 7) is 0.522. The van der Waals surface area contributed by atoms with E-state index in [1.54, 1.807) is 0 Å². The monoisotopic (exact) mass is 196 g/mol. The van der Waals surface area contributed by atoms with Gasteiger partial charge in [-0.25, -0.2) is 0 Å². The van der Waals surface area contributed by atoms with Crippen LogP contribution < -0.4 is 5.32 Å². The number of hydrogen-bond acceptors (Lipinski definition) is 2. The van der Waals surface area contributed by atoms with Crippen LogP contribution in [-0.2, 0) is 4.79 Å². The molecule has 0 saturated heterocycles. The van der Waals surface area contributed by atoms with Gasteiger partial charge in [0.2, 0.25) is 5.91 Å². The van der Waals surface area contributed by atoms with Crippen molar-refractivity contribution in [1.29, 1.82) is 0 Å². The van der Waals surface area contributed by atoms with Gasteiger partial charge in [0, 0.05) is 6.04 Å². The molecule has 0 aliphatic heterocycles. The quantitative estimate of drug-likeness (QED) is 0.726. The SMILES string of the molecule is CN(C)CC(=O)N[C@H]1C[C@H]2CC[C@H]1C2. The van der Waals surface area contributed by atoms with Gasteiger partial charge in [-0.2, -0.15) is 0 Å². The molecular weight excluding hydrogens is 176 g/mol. The molecule has 3 atom stereocenters. The van der Waals surface area contributed by atoms with Crippen molar-refractivity contribution in [2.24, 2.45) is 11.8 Å². The third kappa shape index (κ3) is 2.08. The standard InChI is InChI=1S/C11H20N2O/c1-13(2)7-11(14)12-10-6-8-3-4-9(10)5-8/h8-10H,3-7H2,1-2H3,(H,12,14)/t8-,9-,10-/m0/s1. The third-order valence-electron chi connectivity index (χ3n) is 3.54. The molecule has 2 aliphatic rings. The highest BCUT2D eigenvalue weighted by atomic mass is 16.2. The highest BCUT2D eigenvalue weighted by Gasteiger charge is 2.39. The molecule has 3 nitrogen and oxygen atoms in total. The Hall–Kier alpha value is -0.570. The number of nitrogens with one attached hydrogen (secondary N) is 1. The van der Waals surface area contributed by atoms with Gasteiger partial charge < -0.3 is 10.2 Å². The zero-order valence-corrected chi connectivity index (χ0v) is 9.12. The summed E-state index contributed by atoms with van der Waals surface area (Å²) >= 11 is 0. The zero-order valence-electron chi connectivity index (χ0n) is 9.12. The lowest BCUT2D eigenvalue weighted by Crippen LogP contribution is -2.42. The van der Waals surface area contributed by atoms with Crippen LogP contribution in [0.3, 0.4) is 0 Å². The minimum absolute atomic E-state index is 0.188. The first-order chi connectivity index (χ1) is 6.65. The lowest BCUT2D eigenvalue weighted by molar-refractivity contribution is -0.122. The van der Waals surface area contributed by atoms with E-state index in [0.29, 0.717) is 12.6 Å². The molecule has 2 bridgehead atoms. The number of rotatable bonds is 3. The van der Waals surface area contributed by atoms with Crippen LogP contribution in [0.15, 0.2) is 0 Å². The van der Waals surface area contributed by atoms with E-state index in [0.717, 1.165) is 11.8 Å². The highest BCUT2D eigenvalue weighted by Crippen LogP contribution is 2.44. The van der Waals surface area contributed by atoms with Gasteiger partial charge in [0.15, 0.2) is 0 Å². The average molecular weight is 196 g/mol. The van der Waals surface area contributed by atoms with Crippen molar-refractivity contribution in [1.82, 2.24) is 10.2 Å². The molecule has 2 rings (SSSR count). The van der Waals surface area contributed by atoms with Gasteiger partial charge >= 0.3 is 0 Å². The molecule has 80 valence electrons. The summed E-state index contributed by atoms with van der Waals surface area (Å²) < 4.78 is 0. The summed E-state index contributed by atoms with van der Waals surface area (Å²) in [5, 5.41) is 3.16. The molecule has 1 N–H and O–H groups in total. The summed E-state index contributed by atoms with van der Waals surface area (Å²) in [7, 11) is 3.86. The van der Waals surface area contributed by atoms with Crippen LogP contribution >= 0.6 is 0 Å². The number of nitrogens with zero attached hydrogens (tertiary/aromatic N) is 1. The van der Waals surface area contributed by atoms with Crippen molar-refractivity contribution in [3.63, 3.8) is 0 Å². The van der Waals surface area contributed by atoms with Crippen molar-refractivity contribution in [2.45, 2.75) is 31.7 Å². The molecule has 2 saturated carbocycles. The maximum atomic E-state index is 11.5. The van der Waals surface area contributed by atoms with Crippen LogP contribution in [0.25, 0.3) is 0 Å². The normalized spacial score (nSPS) is 35.2. The summed E-state index contributed by atoms with van der Waals surface area (Å²) in [6, 6.07) is 0.487. The maximum absolute atomic E-state index is 11.5. The summed E-state index contributed by atoms with van der Waals surface area (Å²) in [4.78, 5) is 13.5. The van der Waals surface area contributed by atoms with Gasteiger partial charge in [-0.15, -0.1) is 0 Å². The van der Waals surface area contributed by atoms with Crippen LogP contribution in [0.4, 0.5) is 0 Å². The Morgan fingerprint density at radius 2 is 2.14 bits per heavy atom. The topological polar surface area (TPSA) is 32.3 Å². The highest BCUT2D eigenvalue weighted by molar-refractivity contribution is 5.78. The smallest absolute Gasteiger partial charge is 0.234 e. The lowest BCUT2D eigenvalue weighted by atomic mass is 9.95. The van der Waals surface area contributed by atoms with Gasteiger partial charge in [-0.05, 0) is 45.2 Å². The van der Waals surface area contributed by atoms with E-state index in [1.165, 1.54) is 25.7 Å². The number of carbonyl (C=O) groups excluding carboxylic acids is 1. The number of likely N-dealkylation sites (N-methyl/N-ethyl adjacent to an activating group) is 1. The Bertz CT molecular complexity index is 227. The molecule has 0 heterocycles. The fourth-order valence-electron chi connectivity index (χ4n) is 2.96. The first-order valence-corrected chi connectivity index (χ1v) is 5.59. The zero-order chi connectivity index (χ0) is 10.1. The molecule has 0 unspecified atom stereocenters. The summed E-state index contributed by atoms with van der Waals surface area (Å²) in [5.41, 5.74) is 0. The van der Waals surface area contributed by atoms with E-state index in [9.17, 15) is 4.79 Å². The first-order valence-electron chi connectivity index (χ1n) is 5.59. The Balaban J connectivity index is 1.78. The van der Waals surface area contributed by atoms with Gasteiger partial charge in [-0.3, -0.25) is 4.79 Å². The second kappa shape index (κ2) is 3.89. The Morgan fingerprint density at radius 3 is 2.64 bits per heavy atom. The predicted octanol–water partition coefficient (Wildman–Crippen LogP) is 0.853. The molecule has 0 aromatic heterocycles. The van der Waals surface area contributed by atoms with Crippen molar-refractivity contribution < 1.29 is 4.79 Å². The van der Waals surface area contributed by atoms with Crippen LogP contribution in [0.1, 0.15) is 25.7 Å². The molecule has 3 heteroatoms. The van der Waals surface area contributed by atoms with Crippen molar-refractivity contribution in [2.75, 3.05) is 20.6 Å². The van der Waals surface area contributed by atoms with E-state index < -0.39 is 0 Å². The number of amides is 1. The first kappa shape index (κ1) is 9.97. The van der Waals surface area contributed by atoms with E-state index >= 15 is 0 Å². The number of carbonyl (C=O) groups is 1. The lowest BCUT2D eigenvalue weighted by Gasteiger charge is -2.23. The minimum Gasteiger partial charge on any atom is -0.352 e. The van der Waals surface area contributed by atoms with E-state index in [2.05, 4.69) is 5.32 Å². The fourth-order valence-corrected chi connectivity index (χ4v) is 2.96. The van der Waals surface area contributed by atoms with Gasteiger partial charge in [-0.1, -0.05) is 6.42 Å². The fraction of sp³-hybridized carbons (Fsp3) is 0.909. The second-order valence-corrected chi connectivity index (χ2v) is 5.09. The molecule has 1 amide bonds. The van der Waals surface area contributed by atoms with E-state index in [1.807, 2.05) is 19.0 Å². The summed E-state index contributed by atoms with van der Waals surface area (Å²) in [5.74, 6) is 1.88. The maximum Gasteiger partial charge on any atom is 0.234 e. The molecule has 0 aromatic carbocycles. The average Bonchev–Trinajstić information content (AvgIpc) is 2.62. The van der Waals surface area contributed by atoms with Crippen molar-refractivity contribution in [3.05, 3.63) is 0 Å². The largest absolute Gasteiger partial charge is 0.352 e. The van der Waals surface area contributed by atoms with Crippen molar-refractivity contribution >= 4 is 5.91 Å². The second-order valence-electron chi connectivity index (χ2n) is 5.09. The third-order valence-corrected chi connectivity index (χ3v) is 3.54.